The Labute approximate surface area is 139 Å². The number of piperidine rings is 2. The molecular formula is C20H28N2O. The summed E-state index contributed by atoms with van der Waals surface area (Å²) in [6.45, 7) is 0. The van der Waals surface area contributed by atoms with Crippen molar-refractivity contribution in [3.05, 3.63) is 34.9 Å². The normalized spacial score (nSPS) is 30.6. The second-order valence-electron chi connectivity index (χ2n) is 7.70. The van der Waals surface area contributed by atoms with Crippen molar-refractivity contribution in [1.29, 1.82) is 0 Å². The SMILES string of the molecule is CN1[C@@H]2CCC[C@H]1CC(NC(=O)c1cccc3c1CCCC3)C2. The Morgan fingerprint density at radius 3 is 2.61 bits per heavy atom. The van der Waals surface area contributed by atoms with Gasteiger partial charge in [-0.2, -0.15) is 0 Å². The zero-order valence-electron chi connectivity index (χ0n) is 14.2. The van der Waals surface area contributed by atoms with Crippen LogP contribution in [-0.4, -0.2) is 36.0 Å². The zero-order valence-corrected chi connectivity index (χ0v) is 14.2. The minimum absolute atomic E-state index is 0.163. The Bertz CT molecular complexity index is 583. The van der Waals surface area contributed by atoms with E-state index in [1.807, 2.05) is 6.07 Å². The van der Waals surface area contributed by atoms with Gasteiger partial charge in [-0.25, -0.2) is 0 Å². The fourth-order valence-corrected chi connectivity index (χ4v) is 4.99. The van der Waals surface area contributed by atoms with Crippen LogP contribution in [0.2, 0.25) is 0 Å². The van der Waals surface area contributed by atoms with Crippen LogP contribution in [0.5, 0.6) is 0 Å². The number of hydrogen-bond acceptors (Lipinski definition) is 2. The van der Waals surface area contributed by atoms with E-state index in [0.717, 1.165) is 31.2 Å². The summed E-state index contributed by atoms with van der Waals surface area (Å²) in [5.74, 6) is 0.163. The largest absolute Gasteiger partial charge is 0.349 e. The van der Waals surface area contributed by atoms with E-state index in [1.165, 1.54) is 43.2 Å². The van der Waals surface area contributed by atoms with Crippen LogP contribution in [0.3, 0.4) is 0 Å². The quantitative estimate of drug-likeness (QED) is 0.908. The molecule has 3 nitrogen and oxygen atoms in total. The summed E-state index contributed by atoms with van der Waals surface area (Å²) in [4.78, 5) is 15.4. The standard InChI is InChI=1S/C20H28N2O/c1-22-16-8-5-9-17(22)13-15(12-16)21-20(23)19-11-4-7-14-6-2-3-10-18(14)19/h4,7,11,15-17H,2-3,5-6,8-10,12-13H2,1H3,(H,21,23)/t15?,16-,17+. The van der Waals surface area contributed by atoms with Crippen LogP contribution in [0.4, 0.5) is 0 Å². The van der Waals surface area contributed by atoms with Gasteiger partial charge >= 0.3 is 0 Å². The van der Waals surface area contributed by atoms with Gasteiger partial charge in [-0.3, -0.25) is 4.79 Å². The van der Waals surface area contributed by atoms with E-state index in [4.69, 9.17) is 0 Å². The Kier molecular flexibility index (Phi) is 4.14. The van der Waals surface area contributed by atoms with Gasteiger partial charge in [0, 0.05) is 23.7 Å². The maximum absolute atomic E-state index is 12.9. The number of rotatable bonds is 2. The zero-order chi connectivity index (χ0) is 15.8. The van der Waals surface area contributed by atoms with E-state index in [-0.39, 0.29) is 5.91 Å². The fourth-order valence-electron chi connectivity index (χ4n) is 4.99. The molecule has 2 aliphatic heterocycles. The van der Waals surface area contributed by atoms with Gasteiger partial charge in [-0.1, -0.05) is 18.6 Å². The van der Waals surface area contributed by atoms with Gasteiger partial charge in [0.15, 0.2) is 0 Å². The molecular weight excluding hydrogens is 284 g/mol. The molecule has 1 amide bonds. The predicted octanol–water partition coefficient (Wildman–Crippen LogP) is 3.31. The molecule has 2 heterocycles. The number of benzene rings is 1. The molecule has 3 aliphatic rings. The first-order chi connectivity index (χ1) is 11.2. The molecule has 1 aliphatic carbocycles. The third kappa shape index (κ3) is 2.91. The second-order valence-corrected chi connectivity index (χ2v) is 7.70. The summed E-state index contributed by atoms with van der Waals surface area (Å²) in [7, 11) is 2.26. The molecule has 1 aromatic rings. The Morgan fingerprint density at radius 1 is 1.09 bits per heavy atom. The highest BCUT2D eigenvalue weighted by Gasteiger charge is 2.36. The molecule has 0 spiro atoms. The lowest BCUT2D eigenvalue weighted by atomic mass is 9.82. The summed E-state index contributed by atoms with van der Waals surface area (Å²) >= 11 is 0. The molecule has 0 aromatic heterocycles. The maximum Gasteiger partial charge on any atom is 0.251 e. The minimum Gasteiger partial charge on any atom is -0.349 e. The van der Waals surface area contributed by atoms with Gasteiger partial charge in [-0.15, -0.1) is 0 Å². The highest BCUT2D eigenvalue weighted by atomic mass is 16.1. The number of carbonyl (C=O) groups excluding carboxylic acids is 1. The molecule has 1 aromatic carbocycles. The highest BCUT2D eigenvalue weighted by molar-refractivity contribution is 5.96. The van der Waals surface area contributed by atoms with Crippen molar-refractivity contribution in [2.24, 2.45) is 0 Å². The third-order valence-corrected chi connectivity index (χ3v) is 6.32. The van der Waals surface area contributed by atoms with Gasteiger partial charge < -0.3 is 10.2 Å². The molecule has 3 atom stereocenters. The topological polar surface area (TPSA) is 32.3 Å². The van der Waals surface area contributed by atoms with E-state index in [2.05, 4.69) is 29.4 Å². The molecule has 23 heavy (non-hydrogen) atoms. The van der Waals surface area contributed by atoms with E-state index in [9.17, 15) is 4.79 Å². The van der Waals surface area contributed by atoms with Gasteiger partial charge in [-0.05, 0) is 75.6 Å². The average molecular weight is 312 g/mol. The average Bonchev–Trinajstić information content (AvgIpc) is 2.55. The first-order valence-corrected chi connectivity index (χ1v) is 9.36. The lowest BCUT2D eigenvalue weighted by Crippen LogP contribution is -2.55. The lowest BCUT2D eigenvalue weighted by molar-refractivity contribution is 0.0463. The number of hydrogen-bond donors (Lipinski definition) is 1. The highest BCUT2D eigenvalue weighted by Crippen LogP contribution is 2.33. The summed E-state index contributed by atoms with van der Waals surface area (Å²) in [6, 6.07) is 7.96. The van der Waals surface area contributed by atoms with Crippen molar-refractivity contribution in [3.63, 3.8) is 0 Å². The molecule has 2 bridgehead atoms. The number of fused-ring (bicyclic) bond motifs is 3. The van der Waals surface area contributed by atoms with Crippen LogP contribution < -0.4 is 5.32 Å². The number of nitrogens with one attached hydrogen (secondary N) is 1. The van der Waals surface area contributed by atoms with Crippen molar-refractivity contribution < 1.29 is 4.79 Å². The van der Waals surface area contributed by atoms with Crippen LogP contribution in [0.15, 0.2) is 18.2 Å². The number of aryl methyl sites for hydroxylation is 1. The monoisotopic (exact) mass is 312 g/mol. The summed E-state index contributed by atoms with van der Waals surface area (Å²) in [6.07, 6.45) is 10.9. The van der Waals surface area contributed by atoms with E-state index in [0.29, 0.717) is 18.1 Å². The molecule has 0 saturated carbocycles. The lowest BCUT2D eigenvalue weighted by Gasteiger charge is -2.47. The van der Waals surface area contributed by atoms with Gasteiger partial charge in [0.25, 0.3) is 5.91 Å². The van der Waals surface area contributed by atoms with Crippen LogP contribution in [0.1, 0.15) is 66.4 Å². The van der Waals surface area contributed by atoms with Crippen LogP contribution in [0, 0.1) is 0 Å². The molecule has 1 N–H and O–H groups in total. The van der Waals surface area contributed by atoms with Crippen molar-refractivity contribution in [2.45, 2.75) is 75.9 Å². The summed E-state index contributed by atoms with van der Waals surface area (Å²) in [5, 5.41) is 3.37. The molecule has 2 saturated heterocycles. The van der Waals surface area contributed by atoms with Crippen molar-refractivity contribution in [3.8, 4) is 0 Å². The molecule has 0 radical (unpaired) electrons. The summed E-state index contributed by atoms with van der Waals surface area (Å²) in [5.41, 5.74) is 3.64. The molecule has 3 heteroatoms. The van der Waals surface area contributed by atoms with E-state index >= 15 is 0 Å². The second kappa shape index (κ2) is 6.27. The fraction of sp³-hybridized carbons (Fsp3) is 0.650. The number of nitrogens with zero attached hydrogens (tertiary/aromatic N) is 1. The van der Waals surface area contributed by atoms with Crippen LogP contribution in [0.25, 0.3) is 0 Å². The number of amides is 1. The van der Waals surface area contributed by atoms with Crippen LogP contribution >= 0.6 is 0 Å². The van der Waals surface area contributed by atoms with Gasteiger partial charge in [0.05, 0.1) is 0 Å². The van der Waals surface area contributed by atoms with Gasteiger partial charge in [0.2, 0.25) is 0 Å². The van der Waals surface area contributed by atoms with Gasteiger partial charge in [0.1, 0.15) is 0 Å². The molecule has 124 valence electrons. The Hall–Kier alpha value is -1.35. The third-order valence-electron chi connectivity index (χ3n) is 6.32. The van der Waals surface area contributed by atoms with Crippen molar-refractivity contribution >= 4 is 5.91 Å². The number of carbonyl (C=O) groups is 1. The Morgan fingerprint density at radius 2 is 1.83 bits per heavy atom. The smallest absolute Gasteiger partial charge is 0.251 e. The molecule has 1 unspecified atom stereocenters. The molecule has 4 rings (SSSR count). The van der Waals surface area contributed by atoms with Crippen LogP contribution in [-0.2, 0) is 12.8 Å². The van der Waals surface area contributed by atoms with Crippen molar-refractivity contribution in [2.75, 3.05) is 7.05 Å². The maximum atomic E-state index is 12.9. The predicted molar refractivity (Wildman–Crippen MR) is 92.8 cm³/mol. The van der Waals surface area contributed by atoms with E-state index < -0.39 is 0 Å². The van der Waals surface area contributed by atoms with Crippen molar-refractivity contribution in [1.82, 2.24) is 10.2 Å². The first-order valence-electron chi connectivity index (χ1n) is 9.36. The van der Waals surface area contributed by atoms with E-state index in [1.54, 1.807) is 0 Å². The Balaban J connectivity index is 1.48. The summed E-state index contributed by atoms with van der Waals surface area (Å²) < 4.78 is 0. The minimum atomic E-state index is 0.163. The first kappa shape index (κ1) is 15.2. The molecule has 2 fully saturated rings.